The van der Waals surface area contributed by atoms with E-state index in [4.69, 9.17) is 29.6 Å². The Kier molecular flexibility index (Phi) is 4.93. The smallest absolute Gasteiger partial charge is 0.226 e. The molecule has 0 aromatic rings. The van der Waals surface area contributed by atoms with E-state index in [1.54, 1.807) is 0 Å². The second-order valence-electron chi connectivity index (χ2n) is 1.97. The summed E-state index contributed by atoms with van der Waals surface area (Å²) in [6.07, 6.45) is 4.99. The van der Waals surface area contributed by atoms with E-state index in [0.29, 0.717) is 0 Å². The van der Waals surface area contributed by atoms with Crippen LogP contribution in [0.2, 0.25) is 0 Å². The van der Waals surface area contributed by atoms with Gasteiger partial charge in [-0.25, -0.2) is 0 Å². The van der Waals surface area contributed by atoms with Crippen molar-refractivity contribution < 1.29 is 9.59 Å². The third-order valence-electron chi connectivity index (χ3n) is 1.09. The lowest BCUT2D eigenvalue weighted by molar-refractivity contribution is -0.119. The van der Waals surface area contributed by atoms with Gasteiger partial charge in [0.2, 0.25) is 10.5 Å². The third-order valence-corrected chi connectivity index (χ3v) is 1.56. The van der Waals surface area contributed by atoms with Crippen LogP contribution in [-0.4, -0.2) is 10.5 Å². The molecule has 0 aromatic heterocycles. The van der Waals surface area contributed by atoms with E-state index >= 15 is 0 Å². The molecule has 0 bridgehead atoms. The quantitative estimate of drug-likeness (QED) is 0.501. The standard InChI is InChI=1S/C7H6Cl2O2/c1-2-3-5(7(9)11)4-6(8)10/h1,5H,3-4H2. The van der Waals surface area contributed by atoms with E-state index in [1.165, 1.54) is 0 Å². The van der Waals surface area contributed by atoms with E-state index in [2.05, 4.69) is 5.92 Å². The molecule has 0 N–H and O–H groups in total. The van der Waals surface area contributed by atoms with Crippen molar-refractivity contribution in [3.63, 3.8) is 0 Å². The van der Waals surface area contributed by atoms with Crippen molar-refractivity contribution in [2.75, 3.05) is 0 Å². The van der Waals surface area contributed by atoms with Gasteiger partial charge in [-0.1, -0.05) is 0 Å². The minimum Gasteiger partial charge on any atom is -0.281 e. The largest absolute Gasteiger partial charge is 0.281 e. The van der Waals surface area contributed by atoms with Crippen LogP contribution in [0.5, 0.6) is 0 Å². The minimum absolute atomic E-state index is 0.0892. The first-order valence-corrected chi connectivity index (χ1v) is 3.64. The first-order valence-electron chi connectivity index (χ1n) is 2.89. The maximum atomic E-state index is 10.5. The number of hydrogen-bond acceptors (Lipinski definition) is 2. The van der Waals surface area contributed by atoms with Gasteiger partial charge in [0.25, 0.3) is 0 Å². The average molecular weight is 193 g/mol. The molecule has 60 valence electrons. The van der Waals surface area contributed by atoms with E-state index in [9.17, 15) is 9.59 Å². The number of halogens is 2. The van der Waals surface area contributed by atoms with Crippen LogP contribution in [0.15, 0.2) is 0 Å². The van der Waals surface area contributed by atoms with Crippen molar-refractivity contribution in [2.24, 2.45) is 5.92 Å². The SMILES string of the molecule is C#CCC(CC(=O)Cl)C(=O)Cl. The number of terminal acetylenes is 1. The van der Waals surface area contributed by atoms with Crippen LogP contribution in [0.1, 0.15) is 12.8 Å². The molecule has 1 unspecified atom stereocenters. The summed E-state index contributed by atoms with van der Waals surface area (Å²) in [5.41, 5.74) is 0. The van der Waals surface area contributed by atoms with Crippen molar-refractivity contribution in [2.45, 2.75) is 12.8 Å². The number of carbonyl (C=O) groups excluding carboxylic acids is 2. The van der Waals surface area contributed by atoms with E-state index in [1.807, 2.05) is 0 Å². The molecular weight excluding hydrogens is 187 g/mol. The van der Waals surface area contributed by atoms with Crippen molar-refractivity contribution in [1.82, 2.24) is 0 Å². The maximum absolute atomic E-state index is 10.5. The zero-order valence-electron chi connectivity index (χ0n) is 5.64. The fourth-order valence-corrected chi connectivity index (χ4v) is 0.909. The van der Waals surface area contributed by atoms with Gasteiger partial charge in [-0.15, -0.1) is 12.3 Å². The second-order valence-corrected chi connectivity index (χ2v) is 2.76. The molecule has 0 fully saturated rings. The van der Waals surface area contributed by atoms with E-state index in [-0.39, 0.29) is 12.8 Å². The zero-order chi connectivity index (χ0) is 8.85. The molecule has 0 spiro atoms. The Morgan fingerprint density at radius 1 is 1.45 bits per heavy atom. The molecule has 0 saturated carbocycles. The number of rotatable bonds is 4. The summed E-state index contributed by atoms with van der Waals surface area (Å²) in [7, 11) is 0. The summed E-state index contributed by atoms with van der Waals surface area (Å²) in [5, 5.41) is -1.21. The van der Waals surface area contributed by atoms with Crippen LogP contribution < -0.4 is 0 Å². The lowest BCUT2D eigenvalue weighted by atomic mass is 10.1. The molecule has 2 nitrogen and oxygen atoms in total. The molecule has 11 heavy (non-hydrogen) atoms. The molecule has 1 atom stereocenters. The van der Waals surface area contributed by atoms with Gasteiger partial charge in [-0.2, -0.15) is 0 Å². The fourth-order valence-electron chi connectivity index (χ4n) is 0.569. The van der Waals surface area contributed by atoms with Crippen molar-refractivity contribution in [3.8, 4) is 12.3 Å². The first kappa shape index (κ1) is 10.5. The Morgan fingerprint density at radius 2 is 2.00 bits per heavy atom. The Balaban J connectivity index is 4.02. The zero-order valence-corrected chi connectivity index (χ0v) is 7.15. The molecule has 0 aliphatic heterocycles. The molecule has 0 aliphatic carbocycles. The van der Waals surface area contributed by atoms with Gasteiger partial charge < -0.3 is 0 Å². The van der Waals surface area contributed by atoms with Gasteiger partial charge >= 0.3 is 0 Å². The topological polar surface area (TPSA) is 34.1 Å². The van der Waals surface area contributed by atoms with Crippen LogP contribution in [0.25, 0.3) is 0 Å². The minimum atomic E-state index is -0.633. The molecule has 0 amide bonds. The van der Waals surface area contributed by atoms with Gasteiger partial charge in [-0.3, -0.25) is 9.59 Å². The Labute approximate surface area is 74.9 Å². The van der Waals surface area contributed by atoms with Gasteiger partial charge in [0.15, 0.2) is 0 Å². The monoisotopic (exact) mass is 192 g/mol. The van der Waals surface area contributed by atoms with Crippen LogP contribution in [0.4, 0.5) is 0 Å². The van der Waals surface area contributed by atoms with Gasteiger partial charge in [-0.05, 0) is 23.2 Å². The third kappa shape index (κ3) is 4.83. The molecule has 0 rings (SSSR count). The summed E-state index contributed by atoms with van der Waals surface area (Å²) in [5.74, 6) is 1.61. The lowest BCUT2D eigenvalue weighted by Crippen LogP contribution is -2.10. The predicted molar refractivity (Wildman–Crippen MR) is 43.3 cm³/mol. The Bertz CT molecular complexity index is 205. The molecule has 0 saturated heterocycles. The molecular formula is C7H6Cl2O2. The highest BCUT2D eigenvalue weighted by molar-refractivity contribution is 6.66. The summed E-state index contributed by atoms with van der Waals surface area (Å²) in [6, 6.07) is 0. The summed E-state index contributed by atoms with van der Waals surface area (Å²) in [4.78, 5) is 20.8. The van der Waals surface area contributed by atoms with E-state index in [0.717, 1.165) is 0 Å². The first-order chi connectivity index (χ1) is 5.07. The van der Waals surface area contributed by atoms with Gasteiger partial charge in [0.05, 0.1) is 5.92 Å². The van der Waals surface area contributed by atoms with Crippen LogP contribution in [0, 0.1) is 18.3 Å². The highest BCUT2D eigenvalue weighted by atomic mass is 35.5. The fraction of sp³-hybridized carbons (Fsp3) is 0.429. The molecule has 0 heterocycles. The van der Waals surface area contributed by atoms with Gasteiger partial charge in [0.1, 0.15) is 0 Å². The predicted octanol–water partition coefficient (Wildman–Crippen LogP) is 1.55. The van der Waals surface area contributed by atoms with Gasteiger partial charge in [0, 0.05) is 12.8 Å². The Morgan fingerprint density at radius 3 is 2.27 bits per heavy atom. The number of carbonyl (C=O) groups is 2. The molecule has 0 radical (unpaired) electrons. The molecule has 4 heteroatoms. The van der Waals surface area contributed by atoms with Crippen LogP contribution >= 0.6 is 23.2 Å². The van der Waals surface area contributed by atoms with Crippen molar-refractivity contribution >= 4 is 33.7 Å². The normalized spacial score (nSPS) is 11.7. The second kappa shape index (κ2) is 5.17. The highest BCUT2D eigenvalue weighted by Crippen LogP contribution is 2.13. The summed E-state index contributed by atoms with van der Waals surface area (Å²) in [6.45, 7) is 0. The number of hydrogen-bond donors (Lipinski definition) is 0. The Hall–Kier alpha value is -0.520. The molecule has 0 aliphatic rings. The van der Waals surface area contributed by atoms with Crippen LogP contribution in [-0.2, 0) is 9.59 Å². The summed E-state index contributed by atoms with van der Waals surface area (Å²) >= 11 is 10.2. The summed E-state index contributed by atoms with van der Waals surface area (Å²) < 4.78 is 0. The highest BCUT2D eigenvalue weighted by Gasteiger charge is 2.17. The maximum Gasteiger partial charge on any atom is 0.226 e. The van der Waals surface area contributed by atoms with E-state index < -0.39 is 16.4 Å². The van der Waals surface area contributed by atoms with Crippen molar-refractivity contribution in [1.29, 1.82) is 0 Å². The molecule has 0 aromatic carbocycles. The lowest BCUT2D eigenvalue weighted by Gasteiger charge is -2.03. The van der Waals surface area contributed by atoms with Crippen LogP contribution in [0.3, 0.4) is 0 Å². The average Bonchev–Trinajstić information content (AvgIpc) is 1.86. The van der Waals surface area contributed by atoms with Crippen molar-refractivity contribution in [3.05, 3.63) is 0 Å².